The van der Waals surface area contributed by atoms with Crippen molar-refractivity contribution in [2.24, 2.45) is 0 Å². The minimum absolute atomic E-state index is 0.0669. The zero-order valence-corrected chi connectivity index (χ0v) is 11.3. The summed E-state index contributed by atoms with van der Waals surface area (Å²) in [5, 5.41) is 0. The standard InChI is InChI=1S/C11H23NO2S/c1-9(2)14-8-11(13)12(4)10(3)6-7-15-5/h9-10H,6-8H2,1-5H3. The minimum atomic E-state index is 0.0669. The second kappa shape index (κ2) is 7.99. The lowest BCUT2D eigenvalue weighted by Crippen LogP contribution is -2.38. The molecule has 0 rings (SSSR count). The number of ether oxygens (including phenoxy) is 1. The summed E-state index contributed by atoms with van der Waals surface area (Å²) in [5.74, 6) is 1.15. The first kappa shape index (κ1) is 14.8. The van der Waals surface area contributed by atoms with E-state index in [-0.39, 0.29) is 18.6 Å². The highest BCUT2D eigenvalue weighted by Gasteiger charge is 2.15. The highest BCUT2D eigenvalue weighted by Crippen LogP contribution is 2.06. The number of thioether (sulfide) groups is 1. The lowest BCUT2D eigenvalue weighted by Gasteiger charge is -2.25. The summed E-state index contributed by atoms with van der Waals surface area (Å²) in [6, 6.07) is 0.292. The van der Waals surface area contributed by atoms with Gasteiger partial charge in [0.2, 0.25) is 5.91 Å². The Bertz CT molecular complexity index is 185. The predicted molar refractivity (Wildman–Crippen MR) is 66.3 cm³/mol. The number of hydrogen-bond donors (Lipinski definition) is 0. The molecule has 0 fully saturated rings. The molecule has 4 heteroatoms. The number of rotatable bonds is 7. The van der Waals surface area contributed by atoms with Gasteiger partial charge >= 0.3 is 0 Å². The van der Waals surface area contributed by atoms with Gasteiger partial charge in [-0.05, 0) is 39.2 Å². The Morgan fingerprint density at radius 1 is 1.40 bits per heavy atom. The third-order valence-electron chi connectivity index (χ3n) is 2.33. The summed E-state index contributed by atoms with van der Waals surface area (Å²) in [6.07, 6.45) is 3.23. The molecule has 3 nitrogen and oxygen atoms in total. The van der Waals surface area contributed by atoms with Crippen molar-refractivity contribution in [3.8, 4) is 0 Å². The number of likely N-dealkylation sites (N-methyl/N-ethyl adjacent to an activating group) is 1. The lowest BCUT2D eigenvalue weighted by atomic mass is 10.2. The van der Waals surface area contributed by atoms with E-state index in [4.69, 9.17) is 4.74 Å². The molecule has 90 valence electrons. The fraction of sp³-hybridized carbons (Fsp3) is 0.909. The van der Waals surface area contributed by atoms with E-state index in [1.807, 2.05) is 32.7 Å². The number of carbonyl (C=O) groups is 1. The van der Waals surface area contributed by atoms with Gasteiger partial charge in [-0.2, -0.15) is 11.8 Å². The first-order valence-corrected chi connectivity index (χ1v) is 6.74. The molecule has 0 spiro atoms. The highest BCUT2D eigenvalue weighted by atomic mass is 32.2. The van der Waals surface area contributed by atoms with Crippen molar-refractivity contribution in [2.75, 3.05) is 25.7 Å². The number of amides is 1. The molecule has 0 aromatic heterocycles. The molecule has 15 heavy (non-hydrogen) atoms. The molecule has 1 amide bonds. The highest BCUT2D eigenvalue weighted by molar-refractivity contribution is 7.98. The topological polar surface area (TPSA) is 29.5 Å². The van der Waals surface area contributed by atoms with Crippen molar-refractivity contribution in [1.82, 2.24) is 4.90 Å². The van der Waals surface area contributed by atoms with Gasteiger partial charge in [0.05, 0.1) is 6.10 Å². The van der Waals surface area contributed by atoms with E-state index in [9.17, 15) is 4.79 Å². The average Bonchev–Trinajstić information content (AvgIpc) is 2.21. The first-order chi connectivity index (χ1) is 6.99. The summed E-state index contributed by atoms with van der Waals surface area (Å²) in [7, 11) is 1.84. The van der Waals surface area contributed by atoms with Gasteiger partial charge in [0, 0.05) is 13.1 Å². The lowest BCUT2D eigenvalue weighted by molar-refractivity contribution is -0.138. The second-order valence-corrected chi connectivity index (χ2v) is 4.98. The van der Waals surface area contributed by atoms with Crippen LogP contribution in [0, 0.1) is 0 Å². The maximum Gasteiger partial charge on any atom is 0.248 e. The molecule has 0 saturated heterocycles. The predicted octanol–water partition coefficient (Wildman–Crippen LogP) is 2.01. The molecule has 0 aromatic carbocycles. The van der Waals surface area contributed by atoms with Crippen molar-refractivity contribution >= 4 is 17.7 Å². The van der Waals surface area contributed by atoms with Gasteiger partial charge in [-0.3, -0.25) is 4.79 Å². The first-order valence-electron chi connectivity index (χ1n) is 5.35. The van der Waals surface area contributed by atoms with Gasteiger partial charge < -0.3 is 9.64 Å². The van der Waals surface area contributed by atoms with Gasteiger partial charge in [-0.1, -0.05) is 0 Å². The summed E-state index contributed by atoms with van der Waals surface area (Å²) in [4.78, 5) is 13.4. The molecular weight excluding hydrogens is 210 g/mol. The van der Waals surface area contributed by atoms with Gasteiger partial charge in [0.15, 0.2) is 0 Å². The molecule has 0 heterocycles. The van der Waals surface area contributed by atoms with Gasteiger partial charge in [0.25, 0.3) is 0 Å². The SMILES string of the molecule is CSCCC(C)N(C)C(=O)COC(C)C. The third kappa shape index (κ3) is 6.79. The Hall–Kier alpha value is -0.220. The molecule has 1 unspecified atom stereocenters. The molecular formula is C11H23NO2S. The fourth-order valence-corrected chi connectivity index (χ4v) is 1.64. The molecule has 0 aliphatic heterocycles. The summed E-state index contributed by atoms with van der Waals surface area (Å²) in [5.41, 5.74) is 0. The van der Waals surface area contributed by atoms with E-state index < -0.39 is 0 Å². The Labute approximate surface area is 97.5 Å². The van der Waals surface area contributed by atoms with E-state index >= 15 is 0 Å². The van der Waals surface area contributed by atoms with E-state index in [2.05, 4.69) is 13.2 Å². The minimum Gasteiger partial charge on any atom is -0.369 e. The van der Waals surface area contributed by atoms with Crippen LogP contribution in [-0.4, -0.2) is 48.6 Å². The van der Waals surface area contributed by atoms with E-state index in [1.54, 1.807) is 4.90 Å². The van der Waals surface area contributed by atoms with Crippen LogP contribution in [0.5, 0.6) is 0 Å². The quantitative estimate of drug-likeness (QED) is 0.673. The fourth-order valence-electron chi connectivity index (χ4n) is 1.07. The normalized spacial score (nSPS) is 12.9. The molecule has 0 N–H and O–H groups in total. The van der Waals surface area contributed by atoms with Gasteiger partial charge in [-0.25, -0.2) is 0 Å². The van der Waals surface area contributed by atoms with Crippen molar-refractivity contribution < 1.29 is 9.53 Å². The summed E-state index contributed by atoms with van der Waals surface area (Å²) in [6.45, 7) is 6.14. The largest absolute Gasteiger partial charge is 0.369 e. The Kier molecular flexibility index (Phi) is 7.88. The molecule has 0 aliphatic carbocycles. The Morgan fingerprint density at radius 3 is 2.47 bits per heavy atom. The average molecular weight is 233 g/mol. The number of carbonyl (C=O) groups excluding carboxylic acids is 1. The molecule has 0 radical (unpaired) electrons. The molecule has 0 saturated carbocycles. The molecule has 0 aliphatic rings. The Morgan fingerprint density at radius 2 is 2.00 bits per heavy atom. The Balaban J connectivity index is 3.85. The monoisotopic (exact) mass is 233 g/mol. The maximum absolute atomic E-state index is 11.6. The smallest absolute Gasteiger partial charge is 0.248 e. The zero-order chi connectivity index (χ0) is 11.8. The van der Waals surface area contributed by atoms with Crippen molar-refractivity contribution in [2.45, 2.75) is 39.3 Å². The summed E-state index contributed by atoms with van der Waals surface area (Å²) < 4.78 is 5.28. The van der Waals surface area contributed by atoms with Crippen LogP contribution in [-0.2, 0) is 9.53 Å². The van der Waals surface area contributed by atoms with Crippen LogP contribution >= 0.6 is 11.8 Å². The molecule has 0 aromatic rings. The van der Waals surface area contributed by atoms with Crippen molar-refractivity contribution in [3.63, 3.8) is 0 Å². The van der Waals surface area contributed by atoms with Crippen LogP contribution < -0.4 is 0 Å². The van der Waals surface area contributed by atoms with Crippen LogP contribution in [0.2, 0.25) is 0 Å². The molecule has 1 atom stereocenters. The van der Waals surface area contributed by atoms with Crippen LogP contribution in [0.1, 0.15) is 27.2 Å². The molecule has 0 bridgehead atoms. The second-order valence-electron chi connectivity index (χ2n) is 3.99. The number of hydrogen-bond acceptors (Lipinski definition) is 3. The van der Waals surface area contributed by atoms with E-state index in [0.717, 1.165) is 12.2 Å². The van der Waals surface area contributed by atoms with Crippen LogP contribution in [0.3, 0.4) is 0 Å². The number of nitrogens with zero attached hydrogens (tertiary/aromatic N) is 1. The van der Waals surface area contributed by atoms with Gasteiger partial charge in [0.1, 0.15) is 6.61 Å². The van der Waals surface area contributed by atoms with Crippen LogP contribution in [0.4, 0.5) is 0 Å². The van der Waals surface area contributed by atoms with Crippen LogP contribution in [0.15, 0.2) is 0 Å². The maximum atomic E-state index is 11.6. The van der Waals surface area contributed by atoms with Crippen LogP contribution in [0.25, 0.3) is 0 Å². The summed E-state index contributed by atoms with van der Waals surface area (Å²) >= 11 is 1.81. The van der Waals surface area contributed by atoms with E-state index in [0.29, 0.717) is 6.04 Å². The van der Waals surface area contributed by atoms with Crippen molar-refractivity contribution in [1.29, 1.82) is 0 Å². The van der Waals surface area contributed by atoms with E-state index in [1.165, 1.54) is 0 Å². The van der Waals surface area contributed by atoms with Crippen molar-refractivity contribution in [3.05, 3.63) is 0 Å². The van der Waals surface area contributed by atoms with Gasteiger partial charge in [-0.15, -0.1) is 0 Å². The zero-order valence-electron chi connectivity index (χ0n) is 10.4. The third-order valence-corrected chi connectivity index (χ3v) is 2.98.